The summed E-state index contributed by atoms with van der Waals surface area (Å²) >= 11 is 0. The SMILES string of the molecule is CCOC1(C(O)c2ccc(C)nc2)CCCC(C)C1. The van der Waals surface area contributed by atoms with Crippen molar-refractivity contribution in [2.45, 2.75) is 58.2 Å². The molecule has 3 nitrogen and oxygen atoms in total. The van der Waals surface area contributed by atoms with Crippen LogP contribution >= 0.6 is 0 Å². The van der Waals surface area contributed by atoms with Crippen LogP contribution < -0.4 is 0 Å². The van der Waals surface area contributed by atoms with E-state index in [2.05, 4.69) is 11.9 Å². The van der Waals surface area contributed by atoms with Gasteiger partial charge in [0.1, 0.15) is 6.10 Å². The van der Waals surface area contributed by atoms with Crippen LogP contribution in [0.1, 0.15) is 56.9 Å². The number of aliphatic hydroxyl groups excluding tert-OH is 1. The molecule has 1 saturated carbocycles. The summed E-state index contributed by atoms with van der Waals surface area (Å²) < 4.78 is 6.01. The minimum absolute atomic E-state index is 0.427. The number of rotatable bonds is 4. The van der Waals surface area contributed by atoms with Crippen molar-refractivity contribution < 1.29 is 9.84 Å². The highest BCUT2D eigenvalue weighted by Gasteiger charge is 2.42. The van der Waals surface area contributed by atoms with Crippen LogP contribution in [0, 0.1) is 12.8 Å². The van der Waals surface area contributed by atoms with Crippen molar-refractivity contribution in [2.75, 3.05) is 6.61 Å². The van der Waals surface area contributed by atoms with Crippen LogP contribution in [0.4, 0.5) is 0 Å². The smallest absolute Gasteiger partial charge is 0.109 e. The molecule has 0 spiro atoms. The van der Waals surface area contributed by atoms with Crippen LogP contribution in [0.15, 0.2) is 18.3 Å². The van der Waals surface area contributed by atoms with Crippen molar-refractivity contribution in [1.29, 1.82) is 0 Å². The molecule has 1 heterocycles. The van der Waals surface area contributed by atoms with Crippen molar-refractivity contribution in [3.63, 3.8) is 0 Å². The molecule has 1 N–H and O–H groups in total. The lowest BCUT2D eigenvalue weighted by molar-refractivity contribution is -0.150. The van der Waals surface area contributed by atoms with E-state index in [-0.39, 0.29) is 0 Å². The molecule has 3 heteroatoms. The molecule has 0 amide bonds. The first kappa shape index (κ1) is 14.5. The van der Waals surface area contributed by atoms with Gasteiger partial charge in [0.05, 0.1) is 5.60 Å². The lowest BCUT2D eigenvalue weighted by Gasteiger charge is -2.43. The molecule has 3 atom stereocenters. The third-order valence-electron chi connectivity index (χ3n) is 4.17. The Bertz CT molecular complexity index is 400. The zero-order chi connectivity index (χ0) is 13.9. The first-order chi connectivity index (χ1) is 9.07. The van der Waals surface area contributed by atoms with Gasteiger partial charge in [-0.15, -0.1) is 0 Å². The van der Waals surface area contributed by atoms with Gasteiger partial charge in [0.2, 0.25) is 0 Å². The summed E-state index contributed by atoms with van der Waals surface area (Å²) in [6.45, 7) is 6.84. The monoisotopic (exact) mass is 263 g/mol. The topological polar surface area (TPSA) is 42.4 Å². The van der Waals surface area contributed by atoms with Gasteiger partial charge in [-0.1, -0.05) is 25.8 Å². The van der Waals surface area contributed by atoms with E-state index in [9.17, 15) is 5.11 Å². The fraction of sp³-hybridized carbons (Fsp3) is 0.688. The summed E-state index contributed by atoms with van der Waals surface area (Å²) in [6.07, 6.45) is 5.41. The number of ether oxygens (including phenoxy) is 1. The molecule has 19 heavy (non-hydrogen) atoms. The standard InChI is InChI=1S/C16H25NO2/c1-4-19-16(9-5-6-12(2)10-16)15(18)14-8-7-13(3)17-11-14/h7-8,11-12,15,18H,4-6,9-10H2,1-3H3. The molecular formula is C16H25NO2. The van der Waals surface area contributed by atoms with Crippen LogP contribution in [-0.4, -0.2) is 22.3 Å². The molecule has 0 saturated heterocycles. The molecule has 3 unspecified atom stereocenters. The predicted molar refractivity (Wildman–Crippen MR) is 75.9 cm³/mol. The molecule has 1 aromatic heterocycles. The first-order valence-corrected chi connectivity index (χ1v) is 7.32. The molecule has 0 bridgehead atoms. The Morgan fingerprint density at radius 2 is 2.32 bits per heavy atom. The Kier molecular flexibility index (Phi) is 4.58. The van der Waals surface area contributed by atoms with Crippen molar-refractivity contribution in [1.82, 2.24) is 4.98 Å². The first-order valence-electron chi connectivity index (χ1n) is 7.32. The predicted octanol–water partition coefficient (Wildman–Crippen LogP) is 3.41. The van der Waals surface area contributed by atoms with Crippen LogP contribution in [0.2, 0.25) is 0 Å². The van der Waals surface area contributed by atoms with Crippen molar-refractivity contribution >= 4 is 0 Å². The van der Waals surface area contributed by atoms with Gasteiger partial charge in [0.25, 0.3) is 0 Å². The van der Waals surface area contributed by atoms with Crippen LogP contribution in [0.25, 0.3) is 0 Å². The molecule has 1 aliphatic rings. The Hall–Kier alpha value is -0.930. The summed E-state index contributed by atoms with van der Waals surface area (Å²) in [4.78, 5) is 4.29. The average molecular weight is 263 g/mol. The van der Waals surface area contributed by atoms with Gasteiger partial charge in [-0.3, -0.25) is 4.98 Å². The molecule has 0 aromatic carbocycles. The molecular weight excluding hydrogens is 238 g/mol. The second kappa shape index (κ2) is 6.02. The summed E-state index contributed by atoms with van der Waals surface area (Å²) in [5.74, 6) is 0.605. The minimum Gasteiger partial charge on any atom is -0.385 e. The summed E-state index contributed by atoms with van der Waals surface area (Å²) in [5.41, 5.74) is 1.41. The van der Waals surface area contributed by atoms with Crippen LogP contribution in [-0.2, 0) is 4.74 Å². The zero-order valence-corrected chi connectivity index (χ0v) is 12.2. The highest BCUT2D eigenvalue weighted by atomic mass is 16.5. The molecule has 106 valence electrons. The number of hydrogen-bond acceptors (Lipinski definition) is 3. The van der Waals surface area contributed by atoms with Gasteiger partial charge in [-0.05, 0) is 38.7 Å². The van der Waals surface area contributed by atoms with Crippen molar-refractivity contribution in [3.8, 4) is 0 Å². The van der Waals surface area contributed by atoms with E-state index >= 15 is 0 Å². The third kappa shape index (κ3) is 3.15. The molecule has 1 aromatic rings. The summed E-state index contributed by atoms with van der Waals surface area (Å²) in [6, 6.07) is 3.91. The maximum atomic E-state index is 10.8. The lowest BCUT2D eigenvalue weighted by Crippen LogP contribution is -2.43. The second-order valence-electron chi connectivity index (χ2n) is 5.83. The zero-order valence-electron chi connectivity index (χ0n) is 12.2. The molecule has 2 rings (SSSR count). The highest BCUT2D eigenvalue weighted by Crippen LogP contribution is 2.43. The van der Waals surface area contributed by atoms with Crippen LogP contribution in [0.5, 0.6) is 0 Å². The maximum Gasteiger partial charge on any atom is 0.109 e. The fourth-order valence-electron chi connectivity index (χ4n) is 3.23. The Labute approximate surface area is 116 Å². The number of aromatic nitrogens is 1. The quantitative estimate of drug-likeness (QED) is 0.905. The van der Waals surface area contributed by atoms with Gasteiger partial charge < -0.3 is 9.84 Å². The Balaban J connectivity index is 2.24. The van der Waals surface area contributed by atoms with E-state index in [4.69, 9.17) is 4.74 Å². The summed E-state index contributed by atoms with van der Waals surface area (Å²) in [7, 11) is 0. The molecule has 1 aliphatic carbocycles. The number of pyridine rings is 1. The average Bonchev–Trinajstić information content (AvgIpc) is 2.39. The van der Waals surface area contributed by atoms with E-state index in [1.165, 1.54) is 6.42 Å². The Morgan fingerprint density at radius 3 is 2.89 bits per heavy atom. The van der Waals surface area contributed by atoms with E-state index < -0.39 is 11.7 Å². The van der Waals surface area contributed by atoms with Crippen molar-refractivity contribution in [3.05, 3.63) is 29.6 Å². The third-order valence-corrected chi connectivity index (χ3v) is 4.17. The van der Waals surface area contributed by atoms with E-state index in [1.54, 1.807) is 6.20 Å². The van der Waals surface area contributed by atoms with Gasteiger partial charge >= 0.3 is 0 Å². The number of hydrogen-bond donors (Lipinski definition) is 1. The maximum absolute atomic E-state index is 10.8. The molecule has 0 radical (unpaired) electrons. The highest BCUT2D eigenvalue weighted by molar-refractivity contribution is 5.19. The van der Waals surface area contributed by atoms with Crippen LogP contribution in [0.3, 0.4) is 0 Å². The number of aryl methyl sites for hydroxylation is 1. The van der Waals surface area contributed by atoms with Gasteiger partial charge in [-0.2, -0.15) is 0 Å². The molecule has 1 fully saturated rings. The van der Waals surface area contributed by atoms with E-state index in [0.29, 0.717) is 12.5 Å². The second-order valence-corrected chi connectivity index (χ2v) is 5.83. The largest absolute Gasteiger partial charge is 0.385 e. The molecule has 0 aliphatic heterocycles. The van der Waals surface area contributed by atoms with E-state index in [1.807, 2.05) is 26.0 Å². The van der Waals surface area contributed by atoms with Gasteiger partial charge in [0, 0.05) is 24.1 Å². The summed E-state index contributed by atoms with van der Waals surface area (Å²) in [5, 5.41) is 10.8. The van der Waals surface area contributed by atoms with Gasteiger partial charge in [0.15, 0.2) is 0 Å². The van der Waals surface area contributed by atoms with Gasteiger partial charge in [-0.25, -0.2) is 0 Å². The Morgan fingerprint density at radius 1 is 1.53 bits per heavy atom. The fourth-order valence-corrected chi connectivity index (χ4v) is 3.23. The number of nitrogens with zero attached hydrogens (tertiary/aromatic N) is 1. The van der Waals surface area contributed by atoms with Crippen molar-refractivity contribution in [2.24, 2.45) is 5.92 Å². The minimum atomic E-state index is -0.580. The number of aliphatic hydroxyl groups is 1. The normalized spacial score (nSPS) is 29.2. The van der Waals surface area contributed by atoms with E-state index in [0.717, 1.165) is 30.5 Å². The lowest BCUT2D eigenvalue weighted by atomic mass is 9.74.